The molecule has 1 aromatic carbocycles. The third-order valence-electron chi connectivity index (χ3n) is 7.11. The number of hydrogen-bond donors (Lipinski definition) is 4. The molecule has 3 aliphatic rings. The van der Waals surface area contributed by atoms with E-state index in [9.17, 15) is 23.9 Å². The first-order valence-corrected chi connectivity index (χ1v) is 12.4. The molecule has 3 amide bonds. The summed E-state index contributed by atoms with van der Waals surface area (Å²) in [5.41, 5.74) is 3.63. The van der Waals surface area contributed by atoms with E-state index in [1.165, 1.54) is 19.1 Å². The van der Waals surface area contributed by atoms with Crippen LogP contribution in [0.3, 0.4) is 0 Å². The van der Waals surface area contributed by atoms with E-state index in [-0.39, 0.29) is 17.2 Å². The number of fused-ring (bicyclic) bond motifs is 2. The number of H-pyrrole nitrogens is 1. The van der Waals surface area contributed by atoms with Gasteiger partial charge in [-0.3, -0.25) is 19.3 Å². The fourth-order valence-electron chi connectivity index (χ4n) is 4.94. The van der Waals surface area contributed by atoms with Gasteiger partial charge in [-0.1, -0.05) is 0 Å². The van der Waals surface area contributed by atoms with Gasteiger partial charge in [0.2, 0.25) is 0 Å². The van der Waals surface area contributed by atoms with Crippen molar-refractivity contribution >= 4 is 40.7 Å². The molecule has 2 aromatic rings. The van der Waals surface area contributed by atoms with Crippen LogP contribution in [0, 0.1) is 12.7 Å². The van der Waals surface area contributed by atoms with Crippen molar-refractivity contribution in [2.45, 2.75) is 26.4 Å². The van der Waals surface area contributed by atoms with Crippen molar-refractivity contribution in [3.63, 3.8) is 0 Å². The molecule has 10 nitrogen and oxygen atoms in total. The third kappa shape index (κ3) is 4.89. The van der Waals surface area contributed by atoms with Crippen LogP contribution in [0.5, 0.6) is 0 Å². The number of morpholine rings is 1. The van der Waals surface area contributed by atoms with Gasteiger partial charge in [-0.25, -0.2) is 4.39 Å². The zero-order valence-electron chi connectivity index (χ0n) is 20.8. The maximum absolute atomic E-state index is 14.7. The third-order valence-corrected chi connectivity index (χ3v) is 7.11. The first-order chi connectivity index (χ1) is 17.7. The van der Waals surface area contributed by atoms with E-state index in [1.807, 2.05) is 11.8 Å². The molecule has 1 saturated heterocycles. The normalized spacial score (nSPS) is 19.6. The summed E-state index contributed by atoms with van der Waals surface area (Å²) in [5, 5.41) is 14.4. The van der Waals surface area contributed by atoms with Gasteiger partial charge in [0.1, 0.15) is 11.9 Å². The van der Waals surface area contributed by atoms with Crippen molar-refractivity contribution in [2.24, 2.45) is 0 Å². The van der Waals surface area contributed by atoms with Gasteiger partial charge in [-0.2, -0.15) is 0 Å². The van der Waals surface area contributed by atoms with E-state index < -0.39 is 23.7 Å². The number of benzene rings is 1. The van der Waals surface area contributed by atoms with Gasteiger partial charge >= 0.3 is 0 Å². The van der Waals surface area contributed by atoms with Crippen LogP contribution in [-0.4, -0.2) is 89.7 Å². The Hall–Kier alpha value is -3.54. The quantitative estimate of drug-likeness (QED) is 0.437. The highest BCUT2D eigenvalue weighted by atomic mass is 19.1. The first-order valence-electron chi connectivity index (χ1n) is 12.4. The lowest BCUT2D eigenvalue weighted by Gasteiger charge is -2.32. The fraction of sp³-hybridized carbons (Fsp3) is 0.423. The summed E-state index contributed by atoms with van der Waals surface area (Å²) in [6, 6.07) is 2.50. The molecule has 0 spiro atoms. The van der Waals surface area contributed by atoms with E-state index in [0.717, 1.165) is 30.9 Å². The maximum atomic E-state index is 14.7. The minimum Gasteiger partial charge on any atom is -0.384 e. The molecule has 1 atom stereocenters. The van der Waals surface area contributed by atoms with Crippen molar-refractivity contribution in [1.82, 2.24) is 14.8 Å². The molecule has 5 rings (SSSR count). The van der Waals surface area contributed by atoms with Crippen LogP contribution < -0.4 is 10.6 Å². The van der Waals surface area contributed by atoms with Gasteiger partial charge in [0, 0.05) is 56.1 Å². The number of aromatic nitrogens is 1. The van der Waals surface area contributed by atoms with Gasteiger partial charge in [0.15, 0.2) is 0 Å². The van der Waals surface area contributed by atoms with Crippen LogP contribution in [0.15, 0.2) is 12.1 Å². The predicted molar refractivity (Wildman–Crippen MR) is 136 cm³/mol. The number of amides is 3. The first kappa shape index (κ1) is 25.1. The molecule has 4 heterocycles. The van der Waals surface area contributed by atoms with Crippen molar-refractivity contribution in [3.05, 3.63) is 46.0 Å². The van der Waals surface area contributed by atoms with E-state index in [2.05, 4.69) is 20.5 Å². The largest absolute Gasteiger partial charge is 0.384 e. The molecular formula is C26H30FN5O5. The highest BCUT2D eigenvalue weighted by Crippen LogP contribution is 2.37. The molecule has 11 heteroatoms. The summed E-state index contributed by atoms with van der Waals surface area (Å²) >= 11 is 0. The van der Waals surface area contributed by atoms with Crippen molar-refractivity contribution in [3.8, 4) is 0 Å². The number of nitrogens with zero attached hydrogens (tertiary/aromatic N) is 2. The SMILES string of the molecule is Cc1c(C=C2C(=O)Nc3cc(NC(=O)[C@H](C)O)c(F)cc32)[nH]c2c1C(=O)N(CCN1CCOCC1)CC2. The molecule has 0 radical (unpaired) electrons. The lowest BCUT2D eigenvalue weighted by Crippen LogP contribution is -2.45. The zero-order chi connectivity index (χ0) is 26.3. The average molecular weight is 512 g/mol. The van der Waals surface area contributed by atoms with Crippen LogP contribution >= 0.6 is 0 Å². The van der Waals surface area contributed by atoms with E-state index >= 15 is 0 Å². The Balaban J connectivity index is 1.38. The number of aliphatic hydroxyl groups excluding tert-OH is 1. The second-order valence-electron chi connectivity index (χ2n) is 9.57. The van der Waals surface area contributed by atoms with Gasteiger partial charge in [0.25, 0.3) is 17.7 Å². The number of ether oxygens (including phenoxy) is 1. The van der Waals surface area contributed by atoms with Crippen molar-refractivity contribution in [2.75, 3.05) is 56.6 Å². The zero-order valence-corrected chi connectivity index (χ0v) is 20.8. The molecule has 0 saturated carbocycles. The summed E-state index contributed by atoms with van der Waals surface area (Å²) in [6.45, 7) is 8.33. The average Bonchev–Trinajstić information content (AvgIpc) is 3.35. The molecule has 0 unspecified atom stereocenters. The number of aliphatic hydroxyl groups is 1. The van der Waals surface area contributed by atoms with Crippen molar-refractivity contribution in [1.29, 1.82) is 0 Å². The van der Waals surface area contributed by atoms with E-state index in [0.29, 0.717) is 55.2 Å². The Labute approximate surface area is 213 Å². The number of carbonyl (C=O) groups excluding carboxylic acids is 3. The summed E-state index contributed by atoms with van der Waals surface area (Å²) < 4.78 is 20.1. The number of nitrogens with one attached hydrogen (secondary N) is 3. The summed E-state index contributed by atoms with van der Waals surface area (Å²) in [4.78, 5) is 45.3. The van der Waals surface area contributed by atoms with Gasteiger partial charge < -0.3 is 30.4 Å². The number of halogens is 1. The molecular weight excluding hydrogens is 481 g/mol. The van der Waals surface area contributed by atoms with Crippen molar-refractivity contribution < 1.29 is 28.6 Å². The molecule has 3 aliphatic heterocycles. The van der Waals surface area contributed by atoms with Crippen LogP contribution in [0.2, 0.25) is 0 Å². The Morgan fingerprint density at radius 3 is 2.73 bits per heavy atom. The Kier molecular flexibility index (Phi) is 6.84. The van der Waals surface area contributed by atoms with E-state index in [1.54, 1.807) is 6.08 Å². The molecule has 37 heavy (non-hydrogen) atoms. The molecule has 0 aliphatic carbocycles. The number of aromatic amines is 1. The summed E-state index contributed by atoms with van der Waals surface area (Å²) in [5.74, 6) is -1.94. The Bertz CT molecular complexity index is 1290. The number of rotatable bonds is 6. The standard InChI is InChI=1S/C26H30FN5O5/c1-14-20(28-19-3-4-32(26(36)23(14)19)6-5-31-7-9-37-10-8-31)12-17-16-11-18(27)22(30-24(34)15(2)33)13-21(16)29-25(17)35/h11-13,15,28,33H,3-10H2,1-2H3,(H,29,35)(H,30,34)/t15-/m0/s1. The van der Waals surface area contributed by atoms with Gasteiger partial charge in [0.05, 0.1) is 35.7 Å². The Morgan fingerprint density at radius 2 is 2.00 bits per heavy atom. The lowest BCUT2D eigenvalue weighted by molar-refractivity contribution is -0.123. The second-order valence-corrected chi connectivity index (χ2v) is 9.57. The highest BCUT2D eigenvalue weighted by molar-refractivity contribution is 6.35. The minimum absolute atomic E-state index is 0.0336. The predicted octanol–water partition coefficient (Wildman–Crippen LogP) is 1.60. The Morgan fingerprint density at radius 1 is 1.24 bits per heavy atom. The minimum atomic E-state index is -1.31. The lowest BCUT2D eigenvalue weighted by atomic mass is 10.0. The maximum Gasteiger partial charge on any atom is 0.256 e. The van der Waals surface area contributed by atoms with Gasteiger partial charge in [-0.05, 0) is 37.6 Å². The molecule has 4 N–H and O–H groups in total. The van der Waals surface area contributed by atoms with Crippen LogP contribution in [0.1, 0.15) is 39.8 Å². The van der Waals surface area contributed by atoms with E-state index in [4.69, 9.17) is 4.74 Å². The summed E-state index contributed by atoms with van der Waals surface area (Å²) in [7, 11) is 0. The fourth-order valence-corrected chi connectivity index (χ4v) is 4.94. The molecule has 1 aromatic heterocycles. The smallest absolute Gasteiger partial charge is 0.256 e. The molecule has 196 valence electrons. The number of anilines is 2. The highest BCUT2D eigenvalue weighted by Gasteiger charge is 2.31. The van der Waals surface area contributed by atoms with Crippen LogP contribution in [0.25, 0.3) is 11.6 Å². The number of hydrogen-bond acceptors (Lipinski definition) is 6. The monoisotopic (exact) mass is 511 g/mol. The second kappa shape index (κ2) is 10.1. The topological polar surface area (TPSA) is 127 Å². The van der Waals surface area contributed by atoms with Gasteiger partial charge in [-0.15, -0.1) is 0 Å². The summed E-state index contributed by atoms with van der Waals surface area (Å²) in [6.07, 6.45) is 1.00. The molecule has 0 bridgehead atoms. The number of carbonyl (C=O) groups is 3. The van der Waals surface area contributed by atoms with Crippen LogP contribution in [0.4, 0.5) is 15.8 Å². The molecule has 1 fully saturated rings. The van der Waals surface area contributed by atoms with Crippen LogP contribution in [-0.2, 0) is 20.7 Å².